The van der Waals surface area contributed by atoms with Gasteiger partial charge in [-0.25, -0.2) is 4.39 Å². The van der Waals surface area contributed by atoms with E-state index < -0.39 is 0 Å². The molecule has 0 aliphatic rings. The fraction of sp³-hybridized carbons (Fsp3) is 0.500. The van der Waals surface area contributed by atoms with Gasteiger partial charge in [-0.1, -0.05) is 6.92 Å². The van der Waals surface area contributed by atoms with Gasteiger partial charge < -0.3 is 10.6 Å². The highest BCUT2D eigenvalue weighted by atomic mass is 35.5. The Hall–Kier alpha value is -0.780. The number of halogens is 2. The molecule has 0 aromatic heterocycles. The molecule has 0 aliphatic carbocycles. The third-order valence-corrected chi connectivity index (χ3v) is 4.11. The second-order valence-corrected chi connectivity index (χ2v) is 5.69. The van der Waals surface area contributed by atoms with Gasteiger partial charge >= 0.3 is 0 Å². The van der Waals surface area contributed by atoms with Gasteiger partial charge in [0.05, 0.1) is 0 Å². The normalized spacial score (nSPS) is 13.2. The lowest BCUT2D eigenvalue weighted by molar-refractivity contribution is -0.123. The highest BCUT2D eigenvalue weighted by molar-refractivity contribution is 7.99. The van der Waals surface area contributed by atoms with Crippen LogP contribution in [-0.4, -0.2) is 31.3 Å². The SMILES string of the molecule is CNC(C)CNC(=O)C(C)CSc1ccc(F)cc1.Cl. The summed E-state index contributed by atoms with van der Waals surface area (Å²) in [5.74, 6) is 0.429. The van der Waals surface area contributed by atoms with Gasteiger partial charge in [0.1, 0.15) is 5.82 Å². The van der Waals surface area contributed by atoms with Crippen molar-refractivity contribution < 1.29 is 9.18 Å². The molecule has 0 bridgehead atoms. The molecule has 3 nitrogen and oxygen atoms in total. The van der Waals surface area contributed by atoms with Crippen molar-refractivity contribution in [2.24, 2.45) is 5.92 Å². The van der Waals surface area contributed by atoms with E-state index in [1.807, 2.05) is 20.9 Å². The summed E-state index contributed by atoms with van der Waals surface area (Å²) in [6.45, 7) is 4.54. The molecule has 2 N–H and O–H groups in total. The number of amides is 1. The highest BCUT2D eigenvalue weighted by Gasteiger charge is 2.13. The van der Waals surface area contributed by atoms with Crippen LogP contribution in [0.25, 0.3) is 0 Å². The van der Waals surface area contributed by atoms with Gasteiger partial charge in [0.25, 0.3) is 0 Å². The zero-order chi connectivity index (χ0) is 14.3. The van der Waals surface area contributed by atoms with Crippen molar-refractivity contribution in [1.29, 1.82) is 0 Å². The summed E-state index contributed by atoms with van der Waals surface area (Å²) < 4.78 is 12.7. The summed E-state index contributed by atoms with van der Waals surface area (Å²) >= 11 is 1.56. The van der Waals surface area contributed by atoms with Crippen LogP contribution in [0.1, 0.15) is 13.8 Å². The van der Waals surface area contributed by atoms with Gasteiger partial charge in [-0.05, 0) is 38.2 Å². The van der Waals surface area contributed by atoms with E-state index in [1.165, 1.54) is 12.1 Å². The minimum absolute atomic E-state index is 0. The maximum absolute atomic E-state index is 12.7. The van der Waals surface area contributed by atoms with Crippen LogP contribution < -0.4 is 10.6 Å². The fourth-order valence-electron chi connectivity index (χ4n) is 1.36. The van der Waals surface area contributed by atoms with E-state index >= 15 is 0 Å². The average Bonchev–Trinajstić information content (AvgIpc) is 2.43. The second-order valence-electron chi connectivity index (χ2n) is 4.60. The number of carbonyl (C=O) groups is 1. The van der Waals surface area contributed by atoms with E-state index in [9.17, 15) is 9.18 Å². The number of nitrogens with one attached hydrogen (secondary N) is 2. The van der Waals surface area contributed by atoms with Gasteiger partial charge in [0.2, 0.25) is 5.91 Å². The van der Waals surface area contributed by atoms with E-state index in [2.05, 4.69) is 10.6 Å². The minimum Gasteiger partial charge on any atom is -0.354 e. The molecule has 0 saturated heterocycles. The van der Waals surface area contributed by atoms with Crippen LogP contribution in [0.5, 0.6) is 0 Å². The first-order chi connectivity index (χ1) is 9.02. The van der Waals surface area contributed by atoms with Crippen molar-refractivity contribution in [2.75, 3.05) is 19.3 Å². The Bertz CT molecular complexity index is 403. The topological polar surface area (TPSA) is 41.1 Å². The molecule has 1 aromatic carbocycles. The third-order valence-electron chi connectivity index (χ3n) is 2.84. The van der Waals surface area contributed by atoms with Crippen LogP contribution in [0.2, 0.25) is 0 Å². The molecule has 114 valence electrons. The van der Waals surface area contributed by atoms with Crippen molar-refractivity contribution in [1.82, 2.24) is 10.6 Å². The van der Waals surface area contributed by atoms with Crippen LogP contribution in [0.15, 0.2) is 29.2 Å². The largest absolute Gasteiger partial charge is 0.354 e. The molecule has 0 heterocycles. The first kappa shape index (κ1) is 19.2. The molecule has 0 aliphatic heterocycles. The van der Waals surface area contributed by atoms with Crippen molar-refractivity contribution in [3.8, 4) is 0 Å². The van der Waals surface area contributed by atoms with E-state index in [-0.39, 0.29) is 36.1 Å². The zero-order valence-corrected chi connectivity index (χ0v) is 13.6. The molecule has 1 amide bonds. The Kier molecular flexibility index (Phi) is 9.63. The summed E-state index contributed by atoms with van der Waals surface area (Å²) in [6.07, 6.45) is 0. The molecular weight excluding hydrogens is 299 g/mol. The Morgan fingerprint density at radius 1 is 1.30 bits per heavy atom. The lowest BCUT2D eigenvalue weighted by atomic mass is 10.2. The maximum atomic E-state index is 12.7. The summed E-state index contributed by atoms with van der Waals surface area (Å²) in [7, 11) is 1.87. The summed E-state index contributed by atoms with van der Waals surface area (Å²) in [4.78, 5) is 12.8. The van der Waals surface area contributed by atoms with Crippen LogP contribution in [-0.2, 0) is 4.79 Å². The first-order valence-electron chi connectivity index (χ1n) is 6.36. The smallest absolute Gasteiger partial charge is 0.223 e. The average molecular weight is 321 g/mol. The van der Waals surface area contributed by atoms with E-state index in [0.29, 0.717) is 12.3 Å². The molecule has 1 rings (SSSR count). The lowest BCUT2D eigenvalue weighted by Gasteiger charge is -2.15. The number of benzene rings is 1. The Balaban J connectivity index is 0.00000361. The molecular formula is C14H22ClFN2OS. The molecule has 0 radical (unpaired) electrons. The first-order valence-corrected chi connectivity index (χ1v) is 7.34. The number of hydrogen-bond acceptors (Lipinski definition) is 3. The van der Waals surface area contributed by atoms with Crippen LogP contribution in [0.4, 0.5) is 4.39 Å². The quantitative estimate of drug-likeness (QED) is 0.759. The Morgan fingerprint density at radius 3 is 2.45 bits per heavy atom. The minimum atomic E-state index is -0.240. The number of carbonyl (C=O) groups excluding carboxylic acids is 1. The lowest BCUT2D eigenvalue weighted by Crippen LogP contribution is -2.39. The van der Waals surface area contributed by atoms with E-state index in [4.69, 9.17) is 0 Å². The van der Waals surface area contributed by atoms with Gasteiger partial charge in [-0.15, -0.1) is 24.2 Å². The molecule has 0 spiro atoms. The number of likely N-dealkylation sites (N-methyl/N-ethyl adjacent to an activating group) is 1. The highest BCUT2D eigenvalue weighted by Crippen LogP contribution is 2.20. The summed E-state index contributed by atoms with van der Waals surface area (Å²) in [5.41, 5.74) is 0. The molecule has 2 atom stereocenters. The molecule has 0 saturated carbocycles. The number of rotatable bonds is 7. The van der Waals surface area contributed by atoms with E-state index in [1.54, 1.807) is 23.9 Å². The Labute approximate surface area is 130 Å². The summed E-state index contributed by atoms with van der Waals surface area (Å²) in [5, 5.41) is 5.97. The van der Waals surface area contributed by atoms with Crippen molar-refractivity contribution in [3.63, 3.8) is 0 Å². The standard InChI is InChI=1S/C14H21FN2OS.ClH/c1-10(14(18)17-8-11(2)16-3)9-19-13-6-4-12(15)5-7-13;/h4-7,10-11,16H,8-9H2,1-3H3,(H,17,18);1H. The second kappa shape index (κ2) is 10.0. The fourth-order valence-corrected chi connectivity index (χ4v) is 2.28. The zero-order valence-electron chi connectivity index (χ0n) is 12.0. The molecule has 2 unspecified atom stereocenters. The molecule has 1 aromatic rings. The van der Waals surface area contributed by atoms with Crippen LogP contribution in [0, 0.1) is 11.7 Å². The van der Waals surface area contributed by atoms with E-state index in [0.717, 1.165) is 4.90 Å². The monoisotopic (exact) mass is 320 g/mol. The van der Waals surface area contributed by atoms with Crippen LogP contribution in [0.3, 0.4) is 0 Å². The van der Waals surface area contributed by atoms with Gasteiger partial charge in [0, 0.05) is 29.2 Å². The third kappa shape index (κ3) is 7.12. The van der Waals surface area contributed by atoms with Gasteiger partial charge in [0.15, 0.2) is 0 Å². The number of hydrogen-bond donors (Lipinski definition) is 2. The predicted molar refractivity (Wildman–Crippen MR) is 85.1 cm³/mol. The van der Waals surface area contributed by atoms with Crippen molar-refractivity contribution in [3.05, 3.63) is 30.1 Å². The van der Waals surface area contributed by atoms with Gasteiger partial charge in [-0.2, -0.15) is 0 Å². The van der Waals surface area contributed by atoms with Gasteiger partial charge in [-0.3, -0.25) is 4.79 Å². The molecule has 0 fully saturated rings. The molecule has 6 heteroatoms. The summed E-state index contributed by atoms with van der Waals surface area (Å²) in [6, 6.07) is 6.59. The predicted octanol–water partition coefficient (Wildman–Crippen LogP) is 2.70. The molecule has 20 heavy (non-hydrogen) atoms. The van der Waals surface area contributed by atoms with Crippen molar-refractivity contribution >= 4 is 30.1 Å². The van der Waals surface area contributed by atoms with Crippen molar-refractivity contribution in [2.45, 2.75) is 24.8 Å². The number of thioether (sulfide) groups is 1. The Morgan fingerprint density at radius 2 is 1.90 bits per heavy atom. The van der Waals surface area contributed by atoms with Crippen LogP contribution >= 0.6 is 24.2 Å². The maximum Gasteiger partial charge on any atom is 0.223 e.